The van der Waals surface area contributed by atoms with Crippen LogP contribution in [-0.4, -0.2) is 45.2 Å². The molecule has 0 radical (unpaired) electrons. The topological polar surface area (TPSA) is 55.4 Å². The summed E-state index contributed by atoms with van der Waals surface area (Å²) in [4.78, 5) is 0. The Morgan fingerprint density at radius 3 is 2.60 bits per heavy atom. The molecule has 2 atom stereocenters. The van der Waals surface area contributed by atoms with Crippen molar-refractivity contribution in [1.29, 1.82) is 0 Å². The second-order valence-corrected chi connectivity index (χ2v) is 9.36. The van der Waals surface area contributed by atoms with Gasteiger partial charge in [-0.15, -0.1) is 0 Å². The van der Waals surface area contributed by atoms with E-state index in [1.54, 1.807) is 6.92 Å². The van der Waals surface area contributed by atoms with Gasteiger partial charge in [0.2, 0.25) is 0 Å². The highest BCUT2D eigenvalue weighted by atomic mass is 32.2. The summed E-state index contributed by atoms with van der Waals surface area (Å²) >= 11 is 0. The van der Waals surface area contributed by atoms with Crippen LogP contribution in [0.1, 0.15) is 45.4 Å². The van der Waals surface area contributed by atoms with Crippen LogP contribution in [0.15, 0.2) is 0 Å². The predicted octanol–water partition coefficient (Wildman–Crippen LogP) is 1.75. The quantitative estimate of drug-likeness (QED) is 0.742. The number of nitrogens with one attached hydrogen (secondary N) is 1. The normalized spacial score (nSPS) is 34.5. The van der Waals surface area contributed by atoms with E-state index in [1.165, 1.54) is 25.7 Å². The number of hydrogen-bond donors (Lipinski definition) is 1. The minimum absolute atomic E-state index is 0.0615. The van der Waals surface area contributed by atoms with Crippen LogP contribution in [0.3, 0.4) is 0 Å². The number of sulfone groups is 1. The zero-order chi connectivity index (χ0) is 14.2. The monoisotopic (exact) mass is 301 g/mol. The molecule has 1 N–H and O–H groups in total. The first-order valence-corrected chi connectivity index (χ1v) is 9.92. The summed E-state index contributed by atoms with van der Waals surface area (Å²) in [6.07, 6.45) is 7.15. The van der Waals surface area contributed by atoms with Crippen LogP contribution in [-0.2, 0) is 14.6 Å². The van der Waals surface area contributed by atoms with E-state index in [4.69, 9.17) is 4.74 Å². The van der Waals surface area contributed by atoms with Gasteiger partial charge in [-0.25, -0.2) is 8.42 Å². The average molecular weight is 301 g/mol. The van der Waals surface area contributed by atoms with Gasteiger partial charge in [0.25, 0.3) is 0 Å². The van der Waals surface area contributed by atoms with Crippen LogP contribution >= 0.6 is 0 Å². The van der Waals surface area contributed by atoms with Crippen molar-refractivity contribution in [1.82, 2.24) is 5.32 Å². The standard InChI is InChI=1S/C15H27NO3S/c1-2-20(17,18)10-8-15(11-16-13-5-6-13)7-9-19-14(15)12-3-4-12/h12-14,16H,2-11H2,1H3. The lowest BCUT2D eigenvalue weighted by Crippen LogP contribution is -2.43. The van der Waals surface area contributed by atoms with Crippen molar-refractivity contribution >= 4 is 9.84 Å². The summed E-state index contributed by atoms with van der Waals surface area (Å²) in [7, 11) is -2.88. The summed E-state index contributed by atoms with van der Waals surface area (Å²) in [5, 5.41) is 3.63. The van der Waals surface area contributed by atoms with Gasteiger partial charge in [0, 0.05) is 30.4 Å². The van der Waals surface area contributed by atoms with E-state index in [-0.39, 0.29) is 11.2 Å². The third kappa shape index (κ3) is 3.37. The highest BCUT2D eigenvalue weighted by Gasteiger charge is 2.51. The molecule has 1 heterocycles. The van der Waals surface area contributed by atoms with Crippen molar-refractivity contribution in [3.63, 3.8) is 0 Å². The van der Waals surface area contributed by atoms with Crippen molar-refractivity contribution in [3.8, 4) is 0 Å². The van der Waals surface area contributed by atoms with Crippen LogP contribution in [0.5, 0.6) is 0 Å². The molecule has 0 spiro atoms. The molecular formula is C15H27NO3S. The van der Waals surface area contributed by atoms with E-state index in [9.17, 15) is 8.42 Å². The third-order valence-corrected chi connectivity index (χ3v) is 6.93. The van der Waals surface area contributed by atoms with E-state index in [1.807, 2.05) is 0 Å². The Hall–Kier alpha value is -0.130. The van der Waals surface area contributed by atoms with Crippen molar-refractivity contribution in [2.24, 2.45) is 11.3 Å². The molecule has 20 heavy (non-hydrogen) atoms. The molecule has 0 bridgehead atoms. The maximum Gasteiger partial charge on any atom is 0.150 e. The van der Waals surface area contributed by atoms with Gasteiger partial charge in [-0.2, -0.15) is 0 Å². The second kappa shape index (κ2) is 5.58. The molecule has 3 fully saturated rings. The Labute approximate surface area is 122 Å². The summed E-state index contributed by atoms with van der Waals surface area (Å²) in [6, 6.07) is 0.676. The van der Waals surface area contributed by atoms with Gasteiger partial charge in [0.1, 0.15) is 9.84 Å². The first-order chi connectivity index (χ1) is 9.55. The lowest BCUT2D eigenvalue weighted by atomic mass is 9.76. The van der Waals surface area contributed by atoms with Gasteiger partial charge in [-0.3, -0.25) is 0 Å². The Kier molecular flexibility index (Phi) is 4.13. The molecule has 0 aromatic carbocycles. The Bertz CT molecular complexity index is 442. The summed E-state index contributed by atoms with van der Waals surface area (Å²) in [5.41, 5.74) is 0.0615. The highest BCUT2D eigenvalue weighted by Crippen LogP contribution is 2.49. The second-order valence-electron chi connectivity index (χ2n) is 6.88. The van der Waals surface area contributed by atoms with E-state index in [0.29, 0.717) is 23.8 Å². The molecule has 4 nitrogen and oxygen atoms in total. The van der Waals surface area contributed by atoms with Gasteiger partial charge in [-0.1, -0.05) is 6.92 Å². The van der Waals surface area contributed by atoms with Crippen molar-refractivity contribution in [2.75, 3.05) is 24.7 Å². The maximum absolute atomic E-state index is 11.9. The van der Waals surface area contributed by atoms with Crippen LogP contribution in [0.4, 0.5) is 0 Å². The minimum Gasteiger partial charge on any atom is -0.377 e. The lowest BCUT2D eigenvalue weighted by molar-refractivity contribution is 0.0290. The third-order valence-electron chi connectivity index (χ3n) is 5.22. The van der Waals surface area contributed by atoms with Crippen LogP contribution in [0.2, 0.25) is 0 Å². The Morgan fingerprint density at radius 2 is 2.00 bits per heavy atom. The number of rotatable bonds is 8. The van der Waals surface area contributed by atoms with Gasteiger partial charge >= 0.3 is 0 Å². The van der Waals surface area contributed by atoms with Crippen LogP contribution < -0.4 is 5.32 Å². The number of hydrogen-bond acceptors (Lipinski definition) is 4. The fourth-order valence-electron chi connectivity index (χ4n) is 3.43. The molecule has 1 saturated heterocycles. The molecule has 3 aliphatic rings. The first-order valence-electron chi connectivity index (χ1n) is 8.10. The van der Waals surface area contributed by atoms with Gasteiger partial charge in [0.05, 0.1) is 11.9 Å². The minimum atomic E-state index is -2.88. The van der Waals surface area contributed by atoms with Crippen molar-refractivity contribution in [3.05, 3.63) is 0 Å². The molecule has 0 aromatic rings. The van der Waals surface area contributed by atoms with E-state index in [2.05, 4.69) is 5.32 Å². The smallest absolute Gasteiger partial charge is 0.150 e. The largest absolute Gasteiger partial charge is 0.377 e. The zero-order valence-corrected chi connectivity index (χ0v) is 13.3. The van der Waals surface area contributed by atoms with Gasteiger partial charge < -0.3 is 10.1 Å². The fourth-order valence-corrected chi connectivity index (χ4v) is 4.43. The molecule has 2 aliphatic carbocycles. The van der Waals surface area contributed by atoms with Crippen LogP contribution in [0.25, 0.3) is 0 Å². The number of ether oxygens (including phenoxy) is 1. The molecular weight excluding hydrogens is 274 g/mol. The Morgan fingerprint density at radius 1 is 1.25 bits per heavy atom. The van der Waals surface area contributed by atoms with Gasteiger partial charge in [-0.05, 0) is 44.4 Å². The summed E-state index contributed by atoms with van der Waals surface area (Å²) < 4.78 is 29.8. The Balaban J connectivity index is 1.68. The van der Waals surface area contributed by atoms with E-state index >= 15 is 0 Å². The summed E-state index contributed by atoms with van der Waals surface area (Å²) in [6.45, 7) is 3.49. The van der Waals surface area contributed by atoms with Crippen LogP contribution in [0, 0.1) is 11.3 Å². The lowest BCUT2D eigenvalue weighted by Gasteiger charge is -2.35. The molecule has 5 heteroatoms. The molecule has 1 aliphatic heterocycles. The molecule has 0 aromatic heterocycles. The summed E-state index contributed by atoms with van der Waals surface area (Å²) in [5.74, 6) is 1.26. The van der Waals surface area contributed by atoms with E-state index < -0.39 is 9.84 Å². The fraction of sp³-hybridized carbons (Fsp3) is 1.00. The molecule has 116 valence electrons. The molecule has 0 amide bonds. The van der Waals surface area contributed by atoms with Gasteiger partial charge in [0.15, 0.2) is 0 Å². The maximum atomic E-state index is 11.9. The van der Waals surface area contributed by atoms with Crippen molar-refractivity contribution < 1.29 is 13.2 Å². The molecule has 2 unspecified atom stereocenters. The van der Waals surface area contributed by atoms with Crippen molar-refractivity contribution in [2.45, 2.75) is 57.6 Å². The molecule has 3 rings (SSSR count). The molecule has 2 saturated carbocycles. The zero-order valence-electron chi connectivity index (χ0n) is 12.4. The predicted molar refractivity (Wildman–Crippen MR) is 79.5 cm³/mol. The highest BCUT2D eigenvalue weighted by molar-refractivity contribution is 7.91. The first kappa shape index (κ1) is 14.8. The average Bonchev–Trinajstić information content (AvgIpc) is 3.34. The SMILES string of the molecule is CCS(=O)(=O)CCC1(CNC2CC2)CCOC1C1CC1. The van der Waals surface area contributed by atoms with E-state index in [0.717, 1.165) is 26.0 Å².